The number of ether oxygens (including phenoxy) is 1. The second-order valence-corrected chi connectivity index (χ2v) is 8.65. The second kappa shape index (κ2) is 10.8. The number of amides is 1. The Balaban J connectivity index is 1.66. The van der Waals surface area contributed by atoms with Crippen LogP contribution in [-0.2, 0) is 4.74 Å². The van der Waals surface area contributed by atoms with Crippen molar-refractivity contribution in [1.29, 1.82) is 0 Å². The van der Waals surface area contributed by atoms with E-state index in [1.165, 1.54) is 12.1 Å². The van der Waals surface area contributed by atoms with Gasteiger partial charge in [-0.1, -0.05) is 42.5 Å². The minimum absolute atomic E-state index is 0.0341. The van der Waals surface area contributed by atoms with Crippen molar-refractivity contribution < 1.29 is 14.5 Å². The van der Waals surface area contributed by atoms with Crippen molar-refractivity contribution in [3.8, 4) is 22.4 Å². The molecule has 1 aliphatic rings. The molecular weight excluding hydrogens is 452 g/mol. The maximum atomic E-state index is 13.3. The molecule has 1 aliphatic heterocycles. The van der Waals surface area contributed by atoms with Gasteiger partial charge in [0.15, 0.2) is 0 Å². The third-order valence-corrected chi connectivity index (χ3v) is 6.02. The summed E-state index contributed by atoms with van der Waals surface area (Å²) in [7, 11) is 0. The predicted octanol–water partition coefficient (Wildman–Crippen LogP) is 3.95. The smallest absolute Gasteiger partial charge is 0.270 e. The number of nitro groups is 1. The van der Waals surface area contributed by atoms with Crippen LogP contribution in [0, 0.1) is 17.0 Å². The number of carbonyl (C=O) groups excluding carboxylic acids is 1. The van der Waals surface area contributed by atoms with E-state index in [1.54, 1.807) is 19.1 Å². The number of carbonyl (C=O) groups is 1. The molecule has 3 aromatic rings. The number of non-ortho nitro benzene ring substituents is 1. The Labute approximate surface area is 203 Å². The quantitative estimate of drug-likeness (QED) is 0.303. The number of aryl methyl sites for hydroxylation is 1. The molecule has 9 heteroatoms. The average Bonchev–Trinajstić information content (AvgIpc) is 2.84. The molecule has 2 aromatic carbocycles. The summed E-state index contributed by atoms with van der Waals surface area (Å²) in [5.41, 5.74) is 3.61. The topological polar surface area (TPSA) is 97.6 Å². The summed E-state index contributed by atoms with van der Waals surface area (Å²) in [5, 5.41) is 14.4. The molecule has 0 saturated carbocycles. The van der Waals surface area contributed by atoms with Crippen molar-refractivity contribution in [1.82, 2.24) is 15.2 Å². The van der Waals surface area contributed by atoms with Crippen LogP contribution in [-0.4, -0.2) is 58.9 Å². The number of hydrogen-bond donors (Lipinski definition) is 2. The van der Waals surface area contributed by atoms with Crippen LogP contribution in [0.5, 0.6) is 0 Å². The van der Waals surface area contributed by atoms with Crippen LogP contribution in [0.15, 0.2) is 60.7 Å². The minimum atomic E-state index is -0.438. The van der Waals surface area contributed by atoms with Gasteiger partial charge in [0.2, 0.25) is 0 Å². The number of pyridine rings is 1. The van der Waals surface area contributed by atoms with E-state index in [2.05, 4.69) is 27.8 Å². The molecule has 1 fully saturated rings. The summed E-state index contributed by atoms with van der Waals surface area (Å²) in [5.74, 6) is -0.262. The SMILES string of the molecule is Cc1nc(-c2ccccc2)cc(-c2cccc([N+](=O)[O-])c2)c1C(=O)NCCN1CCOC(S)C1. The largest absolute Gasteiger partial charge is 0.365 e. The molecule has 0 radical (unpaired) electrons. The van der Waals surface area contributed by atoms with Crippen LogP contribution in [0.3, 0.4) is 0 Å². The van der Waals surface area contributed by atoms with E-state index in [0.717, 1.165) is 12.1 Å². The number of morpholine rings is 1. The van der Waals surface area contributed by atoms with Crippen molar-refractivity contribution in [2.45, 2.75) is 12.4 Å². The summed E-state index contributed by atoms with van der Waals surface area (Å²) in [6.07, 6.45) is 0. The van der Waals surface area contributed by atoms with Gasteiger partial charge in [0.1, 0.15) is 5.44 Å². The van der Waals surface area contributed by atoms with E-state index < -0.39 is 4.92 Å². The molecule has 1 atom stereocenters. The van der Waals surface area contributed by atoms with Crippen LogP contribution in [0.4, 0.5) is 5.69 Å². The molecule has 1 N–H and O–H groups in total. The highest BCUT2D eigenvalue weighted by molar-refractivity contribution is 7.80. The highest BCUT2D eigenvalue weighted by Gasteiger charge is 2.21. The van der Waals surface area contributed by atoms with Gasteiger partial charge in [-0.2, -0.15) is 0 Å². The minimum Gasteiger partial charge on any atom is -0.365 e. The van der Waals surface area contributed by atoms with Gasteiger partial charge >= 0.3 is 0 Å². The molecule has 176 valence electrons. The fourth-order valence-electron chi connectivity index (χ4n) is 4.03. The molecule has 0 aliphatic carbocycles. The molecule has 0 bridgehead atoms. The van der Waals surface area contributed by atoms with E-state index >= 15 is 0 Å². The molecule has 1 aromatic heterocycles. The Hall–Kier alpha value is -3.27. The van der Waals surface area contributed by atoms with Crippen LogP contribution in [0.1, 0.15) is 16.1 Å². The van der Waals surface area contributed by atoms with Crippen molar-refractivity contribution in [2.75, 3.05) is 32.8 Å². The summed E-state index contributed by atoms with van der Waals surface area (Å²) in [4.78, 5) is 31.1. The number of rotatable bonds is 7. The third kappa shape index (κ3) is 5.61. The number of benzene rings is 2. The van der Waals surface area contributed by atoms with Crippen LogP contribution in [0.25, 0.3) is 22.4 Å². The zero-order chi connectivity index (χ0) is 24.1. The Morgan fingerprint density at radius 1 is 1.21 bits per heavy atom. The predicted molar refractivity (Wildman–Crippen MR) is 134 cm³/mol. The van der Waals surface area contributed by atoms with E-state index in [4.69, 9.17) is 4.74 Å². The highest BCUT2D eigenvalue weighted by atomic mass is 32.1. The summed E-state index contributed by atoms with van der Waals surface area (Å²) in [6, 6.07) is 17.8. The fraction of sp³-hybridized carbons (Fsp3) is 0.280. The van der Waals surface area contributed by atoms with Crippen molar-refractivity contribution in [2.24, 2.45) is 0 Å². The number of nitrogens with one attached hydrogen (secondary N) is 1. The third-order valence-electron chi connectivity index (χ3n) is 5.71. The monoisotopic (exact) mass is 478 g/mol. The first-order valence-electron chi connectivity index (χ1n) is 11.0. The Morgan fingerprint density at radius 3 is 2.71 bits per heavy atom. The zero-order valence-electron chi connectivity index (χ0n) is 18.8. The van der Waals surface area contributed by atoms with Crippen molar-refractivity contribution in [3.05, 3.63) is 82.0 Å². The summed E-state index contributed by atoms with van der Waals surface area (Å²) < 4.78 is 5.44. The number of nitro benzene ring substituents is 1. The van der Waals surface area contributed by atoms with Gasteiger partial charge < -0.3 is 10.1 Å². The average molecular weight is 479 g/mol. The van der Waals surface area contributed by atoms with Crippen LogP contribution in [0.2, 0.25) is 0 Å². The van der Waals surface area contributed by atoms with Gasteiger partial charge in [-0.05, 0) is 24.1 Å². The van der Waals surface area contributed by atoms with Crippen LogP contribution < -0.4 is 5.32 Å². The van der Waals surface area contributed by atoms with E-state index in [-0.39, 0.29) is 17.0 Å². The van der Waals surface area contributed by atoms with E-state index in [0.29, 0.717) is 54.3 Å². The summed E-state index contributed by atoms with van der Waals surface area (Å²) in [6.45, 7) is 5.02. The van der Waals surface area contributed by atoms with Crippen molar-refractivity contribution >= 4 is 24.2 Å². The molecule has 4 rings (SSSR count). The van der Waals surface area contributed by atoms with Gasteiger partial charge in [0, 0.05) is 43.9 Å². The molecular formula is C25H26N4O4S. The fourth-order valence-corrected chi connectivity index (χ4v) is 4.37. The molecule has 34 heavy (non-hydrogen) atoms. The lowest BCUT2D eigenvalue weighted by atomic mass is 9.95. The molecule has 1 unspecified atom stereocenters. The van der Waals surface area contributed by atoms with Gasteiger partial charge in [-0.3, -0.25) is 24.8 Å². The maximum absolute atomic E-state index is 13.3. The van der Waals surface area contributed by atoms with Crippen molar-refractivity contribution in [3.63, 3.8) is 0 Å². The molecule has 1 amide bonds. The first kappa shape index (κ1) is 23.9. The zero-order valence-corrected chi connectivity index (χ0v) is 19.7. The second-order valence-electron chi connectivity index (χ2n) is 8.07. The number of aromatic nitrogens is 1. The lowest BCUT2D eigenvalue weighted by molar-refractivity contribution is -0.384. The molecule has 1 saturated heterocycles. The van der Waals surface area contributed by atoms with Gasteiger partial charge in [-0.25, -0.2) is 0 Å². The highest BCUT2D eigenvalue weighted by Crippen LogP contribution is 2.32. The van der Waals surface area contributed by atoms with Gasteiger partial charge in [0.05, 0.1) is 28.5 Å². The lowest BCUT2D eigenvalue weighted by Crippen LogP contribution is -2.44. The number of thiol groups is 1. The molecule has 2 heterocycles. The first-order chi connectivity index (χ1) is 16.4. The van der Waals surface area contributed by atoms with Crippen LogP contribution >= 0.6 is 12.6 Å². The Morgan fingerprint density at radius 2 is 1.97 bits per heavy atom. The summed E-state index contributed by atoms with van der Waals surface area (Å²) >= 11 is 4.36. The van der Waals surface area contributed by atoms with Gasteiger partial charge in [-0.15, -0.1) is 12.6 Å². The lowest BCUT2D eigenvalue weighted by Gasteiger charge is -2.30. The Bertz CT molecular complexity index is 1190. The first-order valence-corrected chi connectivity index (χ1v) is 11.6. The molecule has 0 spiro atoms. The Kier molecular flexibility index (Phi) is 7.56. The van der Waals surface area contributed by atoms with E-state index in [9.17, 15) is 14.9 Å². The standard InChI is InChI=1S/C25H26N4O4S/c1-17-24(25(30)26-10-11-28-12-13-33-23(34)16-28)21(19-8-5-9-20(14-19)29(31)32)15-22(27-17)18-6-3-2-4-7-18/h2-9,14-15,23,34H,10-13,16H2,1H3,(H,26,30). The molecule has 8 nitrogen and oxygen atoms in total. The van der Waals surface area contributed by atoms with E-state index in [1.807, 2.05) is 36.4 Å². The maximum Gasteiger partial charge on any atom is 0.270 e. The van der Waals surface area contributed by atoms with Gasteiger partial charge in [0.25, 0.3) is 11.6 Å². The number of hydrogen-bond acceptors (Lipinski definition) is 7. The normalized spacial score (nSPS) is 16.2. The number of nitrogens with zero attached hydrogens (tertiary/aromatic N) is 3.